The van der Waals surface area contributed by atoms with Crippen LogP contribution < -0.4 is 14.8 Å². The van der Waals surface area contributed by atoms with Crippen molar-refractivity contribution in [1.29, 1.82) is 0 Å². The van der Waals surface area contributed by atoms with Crippen LogP contribution in [0.1, 0.15) is 15.9 Å². The molecular weight excluding hydrogens is 310 g/mol. The van der Waals surface area contributed by atoms with E-state index in [4.69, 9.17) is 9.47 Å². The van der Waals surface area contributed by atoms with E-state index in [1.807, 2.05) is 0 Å². The predicted octanol–water partition coefficient (Wildman–Crippen LogP) is 2.67. The fourth-order valence-electron chi connectivity index (χ4n) is 2.21. The first-order valence-electron chi connectivity index (χ1n) is 7.26. The van der Waals surface area contributed by atoms with Crippen LogP contribution in [0.4, 0.5) is 5.69 Å². The molecule has 0 aliphatic rings. The summed E-state index contributed by atoms with van der Waals surface area (Å²) in [6, 6.07) is 11.8. The molecule has 24 heavy (non-hydrogen) atoms. The van der Waals surface area contributed by atoms with E-state index >= 15 is 0 Å². The molecule has 0 saturated heterocycles. The van der Waals surface area contributed by atoms with Gasteiger partial charge in [-0.3, -0.25) is 4.79 Å². The molecule has 0 spiro atoms. The Bertz CT molecular complexity index is 725. The molecule has 0 saturated carbocycles. The van der Waals surface area contributed by atoms with Crippen molar-refractivity contribution < 1.29 is 23.8 Å². The summed E-state index contributed by atoms with van der Waals surface area (Å²) in [4.78, 5) is 23.6. The number of carbonyl (C=O) groups excluding carboxylic acids is 2. The first kappa shape index (κ1) is 17.3. The fourth-order valence-corrected chi connectivity index (χ4v) is 2.21. The number of benzene rings is 2. The molecule has 6 nitrogen and oxygen atoms in total. The van der Waals surface area contributed by atoms with Crippen molar-refractivity contribution in [1.82, 2.24) is 0 Å². The van der Waals surface area contributed by atoms with Gasteiger partial charge in [-0.1, -0.05) is 0 Å². The van der Waals surface area contributed by atoms with Crippen molar-refractivity contribution in [2.24, 2.45) is 0 Å². The number of hydrogen-bond donors (Lipinski definition) is 1. The number of carbonyl (C=O) groups is 2. The van der Waals surface area contributed by atoms with Gasteiger partial charge in [-0.05, 0) is 42.5 Å². The highest BCUT2D eigenvalue weighted by molar-refractivity contribution is 5.94. The third kappa shape index (κ3) is 4.25. The Kier molecular flexibility index (Phi) is 5.78. The Balaban J connectivity index is 2.07. The van der Waals surface area contributed by atoms with Gasteiger partial charge in [0.2, 0.25) is 5.91 Å². The van der Waals surface area contributed by atoms with Crippen LogP contribution in [0.3, 0.4) is 0 Å². The number of amides is 1. The lowest BCUT2D eigenvalue weighted by atomic mass is 10.1. The largest absolute Gasteiger partial charge is 0.497 e. The lowest BCUT2D eigenvalue weighted by Gasteiger charge is -2.11. The summed E-state index contributed by atoms with van der Waals surface area (Å²) in [6.45, 7) is 0. The molecule has 0 atom stereocenters. The molecule has 0 radical (unpaired) electrons. The lowest BCUT2D eigenvalue weighted by molar-refractivity contribution is -0.115. The summed E-state index contributed by atoms with van der Waals surface area (Å²) in [5.41, 5.74) is 1.74. The summed E-state index contributed by atoms with van der Waals surface area (Å²) in [6.07, 6.45) is 0.138. The van der Waals surface area contributed by atoms with Crippen LogP contribution in [-0.2, 0) is 16.0 Å². The Morgan fingerprint density at radius 3 is 2.25 bits per heavy atom. The Hall–Kier alpha value is -3.02. The van der Waals surface area contributed by atoms with Crippen LogP contribution in [0, 0.1) is 0 Å². The van der Waals surface area contributed by atoms with Gasteiger partial charge in [-0.2, -0.15) is 0 Å². The molecule has 2 aromatic rings. The monoisotopic (exact) mass is 329 g/mol. The lowest BCUT2D eigenvalue weighted by Crippen LogP contribution is -2.15. The Morgan fingerprint density at radius 2 is 1.67 bits per heavy atom. The number of esters is 1. The second kappa shape index (κ2) is 8.01. The molecule has 1 N–H and O–H groups in total. The average molecular weight is 329 g/mol. The molecule has 2 aromatic carbocycles. The smallest absolute Gasteiger partial charge is 0.337 e. The van der Waals surface area contributed by atoms with E-state index in [2.05, 4.69) is 10.1 Å². The van der Waals surface area contributed by atoms with Gasteiger partial charge in [0.15, 0.2) is 0 Å². The van der Waals surface area contributed by atoms with Gasteiger partial charge in [0, 0.05) is 11.3 Å². The van der Waals surface area contributed by atoms with Crippen molar-refractivity contribution in [3.05, 3.63) is 53.6 Å². The molecule has 0 bridgehead atoms. The van der Waals surface area contributed by atoms with Crippen LogP contribution in [0.2, 0.25) is 0 Å². The van der Waals surface area contributed by atoms with Crippen molar-refractivity contribution >= 4 is 17.6 Å². The van der Waals surface area contributed by atoms with Crippen LogP contribution in [-0.4, -0.2) is 33.2 Å². The fraction of sp³-hybridized carbons (Fsp3) is 0.222. The zero-order chi connectivity index (χ0) is 17.5. The van der Waals surface area contributed by atoms with E-state index in [1.54, 1.807) is 56.7 Å². The molecule has 126 valence electrons. The molecule has 0 aromatic heterocycles. The quantitative estimate of drug-likeness (QED) is 0.825. The summed E-state index contributed by atoms with van der Waals surface area (Å²) >= 11 is 0. The topological polar surface area (TPSA) is 73.9 Å². The summed E-state index contributed by atoms with van der Waals surface area (Å²) in [5, 5.41) is 2.78. The number of nitrogens with one attached hydrogen (secondary N) is 1. The molecule has 0 fully saturated rings. The number of rotatable bonds is 6. The van der Waals surface area contributed by atoms with Crippen LogP contribution in [0.25, 0.3) is 0 Å². The first-order chi connectivity index (χ1) is 11.6. The van der Waals surface area contributed by atoms with E-state index in [0.717, 1.165) is 5.56 Å². The maximum absolute atomic E-state index is 12.2. The highest BCUT2D eigenvalue weighted by atomic mass is 16.5. The predicted molar refractivity (Wildman–Crippen MR) is 89.7 cm³/mol. The third-order valence-corrected chi connectivity index (χ3v) is 3.43. The van der Waals surface area contributed by atoms with Crippen molar-refractivity contribution in [3.8, 4) is 11.5 Å². The zero-order valence-corrected chi connectivity index (χ0v) is 13.8. The summed E-state index contributed by atoms with van der Waals surface area (Å²) < 4.78 is 15.1. The van der Waals surface area contributed by atoms with E-state index in [0.29, 0.717) is 22.7 Å². The molecule has 0 unspecified atom stereocenters. The third-order valence-electron chi connectivity index (χ3n) is 3.43. The van der Waals surface area contributed by atoms with Gasteiger partial charge >= 0.3 is 5.97 Å². The number of ether oxygens (including phenoxy) is 3. The molecule has 0 aliphatic carbocycles. The number of anilines is 1. The van der Waals surface area contributed by atoms with Gasteiger partial charge in [0.25, 0.3) is 0 Å². The van der Waals surface area contributed by atoms with Crippen LogP contribution in [0.15, 0.2) is 42.5 Å². The molecule has 6 heteroatoms. The van der Waals surface area contributed by atoms with Crippen LogP contribution in [0.5, 0.6) is 11.5 Å². The van der Waals surface area contributed by atoms with Crippen molar-refractivity contribution in [2.75, 3.05) is 26.6 Å². The van der Waals surface area contributed by atoms with Crippen molar-refractivity contribution in [3.63, 3.8) is 0 Å². The van der Waals surface area contributed by atoms with Crippen LogP contribution >= 0.6 is 0 Å². The molecule has 0 aliphatic heterocycles. The second-order valence-electron chi connectivity index (χ2n) is 4.97. The van der Waals surface area contributed by atoms with E-state index < -0.39 is 5.97 Å². The molecule has 1 amide bonds. The zero-order valence-electron chi connectivity index (χ0n) is 13.8. The van der Waals surface area contributed by atoms with Gasteiger partial charge < -0.3 is 19.5 Å². The van der Waals surface area contributed by atoms with Gasteiger partial charge in [-0.15, -0.1) is 0 Å². The molecule has 2 rings (SSSR count). The summed E-state index contributed by atoms with van der Waals surface area (Å²) in [5.74, 6) is 0.648. The average Bonchev–Trinajstić information content (AvgIpc) is 2.61. The van der Waals surface area contributed by atoms with Gasteiger partial charge in [0.1, 0.15) is 11.5 Å². The second-order valence-corrected chi connectivity index (χ2v) is 4.97. The maximum atomic E-state index is 12.2. The molecule has 0 heterocycles. The highest BCUT2D eigenvalue weighted by Crippen LogP contribution is 2.24. The first-order valence-corrected chi connectivity index (χ1v) is 7.26. The van der Waals surface area contributed by atoms with Gasteiger partial charge in [-0.25, -0.2) is 4.79 Å². The minimum atomic E-state index is -0.422. The SMILES string of the molecule is COC(=O)c1ccc(NC(=O)Cc2cc(OC)ccc2OC)cc1. The highest BCUT2D eigenvalue weighted by Gasteiger charge is 2.11. The minimum absolute atomic E-state index is 0.138. The number of methoxy groups -OCH3 is 3. The van der Waals surface area contributed by atoms with Gasteiger partial charge in [0.05, 0.1) is 33.3 Å². The standard InChI is InChI=1S/C18H19NO5/c1-22-15-8-9-16(23-2)13(10-15)11-17(20)19-14-6-4-12(5-7-14)18(21)24-3/h4-10H,11H2,1-3H3,(H,19,20). The van der Waals surface area contributed by atoms with E-state index in [1.165, 1.54) is 7.11 Å². The number of hydrogen-bond acceptors (Lipinski definition) is 5. The van der Waals surface area contributed by atoms with Crippen molar-refractivity contribution in [2.45, 2.75) is 6.42 Å². The normalized spacial score (nSPS) is 9.96. The van der Waals surface area contributed by atoms with E-state index in [9.17, 15) is 9.59 Å². The Morgan fingerprint density at radius 1 is 0.958 bits per heavy atom. The van der Waals surface area contributed by atoms with E-state index in [-0.39, 0.29) is 12.3 Å². The maximum Gasteiger partial charge on any atom is 0.337 e. The summed E-state index contributed by atoms with van der Waals surface area (Å²) in [7, 11) is 4.43. The minimum Gasteiger partial charge on any atom is -0.497 e. The molecular formula is C18H19NO5. The Labute approximate surface area is 140 Å².